The first-order chi connectivity index (χ1) is 6.92. The van der Waals surface area contributed by atoms with E-state index in [9.17, 15) is 22.4 Å². The van der Waals surface area contributed by atoms with Crippen molar-refractivity contribution in [1.29, 1.82) is 0 Å². The number of carbonyl (C=O) groups is 1. The second kappa shape index (κ2) is 6.27. The van der Waals surface area contributed by atoms with Gasteiger partial charge in [0.1, 0.15) is 0 Å². The molecule has 6 heteroatoms. The summed E-state index contributed by atoms with van der Waals surface area (Å²) >= 11 is 0. The summed E-state index contributed by atoms with van der Waals surface area (Å²) in [5, 5.41) is 1.73. The van der Waals surface area contributed by atoms with Crippen LogP contribution in [0.15, 0.2) is 0 Å². The zero-order chi connectivity index (χ0) is 11.9. The third kappa shape index (κ3) is 4.68. The van der Waals surface area contributed by atoms with E-state index in [-0.39, 0.29) is 6.54 Å². The molecule has 2 nitrogen and oxygen atoms in total. The van der Waals surface area contributed by atoms with Crippen molar-refractivity contribution >= 4 is 5.91 Å². The number of rotatable bonds is 6. The molecular formula is C9H11F4NO. The summed E-state index contributed by atoms with van der Waals surface area (Å²) in [7, 11) is 0. The Morgan fingerprint density at radius 2 is 2.00 bits per heavy atom. The fraction of sp³-hybridized carbons (Fsp3) is 0.667. The van der Waals surface area contributed by atoms with Gasteiger partial charge in [0.2, 0.25) is 0 Å². The predicted octanol–water partition coefficient (Wildman–Crippen LogP) is 1.81. The topological polar surface area (TPSA) is 29.1 Å². The molecule has 0 aliphatic heterocycles. The molecule has 0 aliphatic carbocycles. The lowest BCUT2D eigenvalue weighted by Crippen LogP contribution is -2.45. The number of halogens is 4. The summed E-state index contributed by atoms with van der Waals surface area (Å²) in [6.07, 6.45) is 2.34. The molecule has 0 heterocycles. The molecule has 0 aromatic heterocycles. The molecule has 0 atom stereocenters. The number of hydrogen-bond acceptors (Lipinski definition) is 1. The van der Waals surface area contributed by atoms with E-state index < -0.39 is 18.3 Å². The Bertz CT molecular complexity index is 247. The lowest BCUT2D eigenvalue weighted by atomic mass is 10.2. The Balaban J connectivity index is 3.80. The van der Waals surface area contributed by atoms with Gasteiger partial charge in [0.05, 0.1) is 0 Å². The van der Waals surface area contributed by atoms with E-state index in [1.54, 1.807) is 5.32 Å². The molecule has 0 bridgehead atoms. The largest absolute Gasteiger partial charge is 0.383 e. The Morgan fingerprint density at radius 1 is 1.40 bits per heavy atom. The van der Waals surface area contributed by atoms with E-state index in [1.165, 1.54) is 0 Å². The summed E-state index contributed by atoms with van der Waals surface area (Å²) in [5.41, 5.74) is 0. The van der Waals surface area contributed by atoms with Crippen molar-refractivity contribution in [2.45, 2.75) is 31.6 Å². The maximum Gasteiger partial charge on any atom is 0.383 e. The first-order valence-corrected chi connectivity index (χ1v) is 4.30. The Labute approximate surface area is 85.0 Å². The van der Waals surface area contributed by atoms with Gasteiger partial charge in [0, 0.05) is 13.0 Å². The van der Waals surface area contributed by atoms with E-state index in [0.717, 1.165) is 0 Å². The molecular weight excluding hydrogens is 214 g/mol. The van der Waals surface area contributed by atoms with Gasteiger partial charge in [0.25, 0.3) is 5.91 Å². The second-order valence-electron chi connectivity index (χ2n) is 2.84. The minimum absolute atomic E-state index is 0.0805. The first kappa shape index (κ1) is 13.8. The highest BCUT2D eigenvalue weighted by Gasteiger charge is 2.48. The van der Waals surface area contributed by atoms with Crippen molar-refractivity contribution in [1.82, 2.24) is 5.32 Å². The summed E-state index contributed by atoms with van der Waals surface area (Å²) in [4.78, 5) is 10.6. The van der Waals surface area contributed by atoms with E-state index in [4.69, 9.17) is 6.42 Å². The highest BCUT2D eigenvalue weighted by Crippen LogP contribution is 2.22. The van der Waals surface area contributed by atoms with Gasteiger partial charge >= 0.3 is 12.3 Å². The molecule has 0 unspecified atom stereocenters. The van der Waals surface area contributed by atoms with Crippen LogP contribution in [0.3, 0.4) is 0 Å². The lowest BCUT2D eigenvalue weighted by Gasteiger charge is -2.14. The molecule has 0 aliphatic rings. The number of hydrogen-bond donors (Lipinski definition) is 1. The van der Waals surface area contributed by atoms with Crippen molar-refractivity contribution in [3.05, 3.63) is 0 Å². The summed E-state index contributed by atoms with van der Waals surface area (Å²) in [6, 6.07) is 0. The molecule has 15 heavy (non-hydrogen) atoms. The highest BCUT2D eigenvalue weighted by atomic mass is 19.3. The van der Waals surface area contributed by atoms with Crippen LogP contribution in [0, 0.1) is 12.3 Å². The van der Waals surface area contributed by atoms with Crippen LogP contribution in [-0.2, 0) is 4.79 Å². The Hall–Kier alpha value is -1.25. The van der Waals surface area contributed by atoms with Gasteiger partial charge in [0.15, 0.2) is 0 Å². The maximum absolute atomic E-state index is 12.3. The highest BCUT2D eigenvalue weighted by molar-refractivity contribution is 5.83. The molecule has 0 saturated heterocycles. The summed E-state index contributed by atoms with van der Waals surface area (Å²) in [5.74, 6) is -4.24. The van der Waals surface area contributed by atoms with E-state index >= 15 is 0 Å². The fourth-order valence-corrected chi connectivity index (χ4v) is 0.771. The number of nitrogens with one attached hydrogen (secondary N) is 1. The van der Waals surface area contributed by atoms with Crippen molar-refractivity contribution in [2.24, 2.45) is 0 Å². The molecule has 0 spiro atoms. The molecule has 1 N–H and O–H groups in total. The standard InChI is InChI=1S/C9H11F4NO/c1-2-3-4-5-6-14-8(15)9(12,13)7(10)11/h1,7H,3-6H2,(H,14,15). The molecule has 86 valence electrons. The average molecular weight is 225 g/mol. The zero-order valence-electron chi connectivity index (χ0n) is 7.90. The smallest absolute Gasteiger partial charge is 0.351 e. The maximum atomic E-state index is 12.3. The van der Waals surface area contributed by atoms with E-state index in [0.29, 0.717) is 19.3 Å². The van der Waals surface area contributed by atoms with Gasteiger partial charge in [-0.2, -0.15) is 8.78 Å². The number of amides is 1. The normalized spacial score (nSPS) is 11.2. The Kier molecular flexibility index (Phi) is 5.75. The quantitative estimate of drug-likeness (QED) is 0.417. The van der Waals surface area contributed by atoms with Crippen LogP contribution < -0.4 is 5.32 Å². The van der Waals surface area contributed by atoms with Crippen molar-refractivity contribution in [3.63, 3.8) is 0 Å². The molecule has 0 saturated carbocycles. The number of terminal acetylenes is 1. The Morgan fingerprint density at radius 3 is 2.47 bits per heavy atom. The van der Waals surface area contributed by atoms with Gasteiger partial charge in [-0.25, -0.2) is 8.78 Å². The van der Waals surface area contributed by atoms with Gasteiger partial charge in [-0.3, -0.25) is 4.79 Å². The number of carbonyl (C=O) groups excluding carboxylic acids is 1. The first-order valence-electron chi connectivity index (χ1n) is 4.30. The molecule has 0 aromatic rings. The van der Waals surface area contributed by atoms with Crippen LogP contribution in [0.4, 0.5) is 17.6 Å². The number of alkyl halides is 4. The SMILES string of the molecule is C#CCCCCNC(=O)C(F)(F)C(F)F. The predicted molar refractivity (Wildman–Crippen MR) is 46.6 cm³/mol. The van der Waals surface area contributed by atoms with Crippen molar-refractivity contribution in [3.8, 4) is 12.3 Å². The van der Waals surface area contributed by atoms with Gasteiger partial charge in [-0.05, 0) is 12.8 Å². The van der Waals surface area contributed by atoms with Crippen LogP contribution in [0.2, 0.25) is 0 Å². The van der Waals surface area contributed by atoms with Crippen LogP contribution in [0.25, 0.3) is 0 Å². The lowest BCUT2D eigenvalue weighted by molar-refractivity contribution is -0.169. The van der Waals surface area contributed by atoms with Crippen LogP contribution in [0.1, 0.15) is 19.3 Å². The van der Waals surface area contributed by atoms with E-state index in [1.807, 2.05) is 0 Å². The molecule has 0 radical (unpaired) electrons. The molecule has 0 rings (SSSR count). The third-order valence-corrected chi connectivity index (χ3v) is 1.61. The van der Waals surface area contributed by atoms with E-state index in [2.05, 4.69) is 5.92 Å². The van der Waals surface area contributed by atoms with Crippen molar-refractivity contribution < 1.29 is 22.4 Å². The monoisotopic (exact) mass is 225 g/mol. The average Bonchev–Trinajstić information content (AvgIpc) is 2.16. The number of unbranched alkanes of at least 4 members (excludes halogenated alkanes) is 2. The molecule has 0 aromatic carbocycles. The third-order valence-electron chi connectivity index (χ3n) is 1.61. The molecule has 0 fully saturated rings. The van der Waals surface area contributed by atoms with Crippen LogP contribution >= 0.6 is 0 Å². The minimum atomic E-state index is -4.62. The van der Waals surface area contributed by atoms with Gasteiger partial charge < -0.3 is 5.32 Å². The fourth-order valence-electron chi connectivity index (χ4n) is 0.771. The van der Waals surface area contributed by atoms with Gasteiger partial charge in [-0.15, -0.1) is 12.3 Å². The van der Waals surface area contributed by atoms with Gasteiger partial charge in [-0.1, -0.05) is 0 Å². The zero-order valence-corrected chi connectivity index (χ0v) is 7.90. The molecule has 1 amide bonds. The van der Waals surface area contributed by atoms with Crippen LogP contribution in [0.5, 0.6) is 0 Å². The summed E-state index contributed by atoms with van der Waals surface area (Å²) < 4.78 is 48.0. The minimum Gasteiger partial charge on any atom is -0.351 e. The van der Waals surface area contributed by atoms with Crippen LogP contribution in [-0.4, -0.2) is 24.8 Å². The van der Waals surface area contributed by atoms with Crippen molar-refractivity contribution in [2.75, 3.05) is 6.54 Å². The second-order valence-corrected chi connectivity index (χ2v) is 2.84. The summed E-state index contributed by atoms with van der Waals surface area (Å²) in [6.45, 7) is -0.0805.